The summed E-state index contributed by atoms with van der Waals surface area (Å²) in [6.45, 7) is -0.960. The Morgan fingerprint density at radius 2 is 1.59 bits per heavy atom. The molecule has 0 fully saturated rings. The van der Waals surface area contributed by atoms with Crippen LogP contribution in [0.15, 0.2) is 0 Å². The molecule has 0 heterocycles. The molecule has 10 nitrogen and oxygen atoms in total. The lowest BCUT2D eigenvalue weighted by molar-refractivity contribution is -0.162. The smallest absolute Gasteiger partial charge is 0.394 e. The van der Waals surface area contributed by atoms with Gasteiger partial charge in [-0.1, -0.05) is 0 Å². The second-order valence-corrected chi connectivity index (χ2v) is 4.24. The molecule has 0 amide bonds. The van der Waals surface area contributed by atoms with Gasteiger partial charge in [0.05, 0.1) is 6.61 Å². The molecule has 0 aromatic rings. The van der Waals surface area contributed by atoms with E-state index in [1.165, 1.54) is 0 Å². The molecular weight excluding hydrogens is 263 g/mol. The second kappa shape index (κ2) is 6.38. The maximum Gasteiger partial charge on any atom is 0.527 e. The molecule has 17 heavy (non-hydrogen) atoms. The molecule has 0 aromatic heterocycles. The Hall–Kier alpha value is -0.580. The van der Waals surface area contributed by atoms with Crippen LogP contribution < -0.4 is 0 Å². The highest BCUT2D eigenvalue weighted by atomic mass is 31.2. The van der Waals surface area contributed by atoms with Crippen LogP contribution in [-0.2, 0) is 13.9 Å². The van der Waals surface area contributed by atoms with Crippen LogP contribution in [0.25, 0.3) is 0 Å². The summed E-state index contributed by atoms with van der Waals surface area (Å²) in [5, 5.41) is 44.6. The van der Waals surface area contributed by atoms with E-state index in [9.17, 15) is 9.36 Å². The minimum absolute atomic E-state index is 0.960. The zero-order chi connectivity index (χ0) is 13.8. The molecule has 102 valence electrons. The van der Waals surface area contributed by atoms with Crippen molar-refractivity contribution in [2.45, 2.75) is 24.4 Å². The number of carbonyl (C=O) groups is 1. The molecule has 0 aliphatic rings. The van der Waals surface area contributed by atoms with Gasteiger partial charge in [-0.2, -0.15) is 0 Å². The Bertz CT molecular complexity index is 299. The summed E-state index contributed by atoms with van der Waals surface area (Å²) in [5.41, 5.74) is 0. The first-order chi connectivity index (χ1) is 7.60. The highest BCUT2D eigenvalue weighted by Gasteiger charge is 2.37. The average Bonchev–Trinajstić information content (AvgIpc) is 2.22. The van der Waals surface area contributed by atoms with Gasteiger partial charge >= 0.3 is 13.8 Å². The topological polar surface area (TPSA) is 185 Å². The molecule has 7 N–H and O–H groups in total. The van der Waals surface area contributed by atoms with Crippen molar-refractivity contribution in [1.29, 1.82) is 0 Å². The van der Waals surface area contributed by atoms with Gasteiger partial charge < -0.3 is 30.1 Å². The van der Waals surface area contributed by atoms with Crippen LogP contribution in [0.2, 0.25) is 0 Å². The SMILES string of the molecule is O=C(OP(=O)(O)O)[C@@H](O)[C@@H](O)[C@H](O)[C@H](O)CO. The van der Waals surface area contributed by atoms with E-state index in [1.807, 2.05) is 0 Å². The van der Waals surface area contributed by atoms with Gasteiger partial charge in [-0.05, 0) is 0 Å². The molecule has 11 heteroatoms. The first kappa shape index (κ1) is 16.4. The molecule has 0 saturated heterocycles. The summed E-state index contributed by atoms with van der Waals surface area (Å²) in [5.74, 6) is -1.88. The van der Waals surface area contributed by atoms with E-state index < -0.39 is 44.8 Å². The fourth-order valence-corrected chi connectivity index (χ4v) is 1.18. The minimum Gasteiger partial charge on any atom is -0.394 e. The standard InChI is InChI=1S/C6H13O10P/c7-1-2(8)3(9)4(10)5(11)6(12)16-17(13,14)15/h2-5,7-11H,1H2,(H2,13,14,15)/t2-,3-,4+,5+/m1/s1. The Morgan fingerprint density at radius 1 is 1.12 bits per heavy atom. The lowest BCUT2D eigenvalue weighted by Gasteiger charge is -2.24. The number of hydrogen-bond donors (Lipinski definition) is 7. The highest BCUT2D eigenvalue weighted by Crippen LogP contribution is 2.36. The molecule has 0 rings (SSSR count). The molecule has 0 radical (unpaired) electrons. The van der Waals surface area contributed by atoms with Gasteiger partial charge in [0.1, 0.15) is 18.3 Å². The second-order valence-electron chi connectivity index (χ2n) is 3.08. The monoisotopic (exact) mass is 276 g/mol. The molecule has 0 aliphatic heterocycles. The lowest BCUT2D eigenvalue weighted by atomic mass is 10.0. The molecule has 0 spiro atoms. The number of aliphatic hydroxyl groups excluding tert-OH is 5. The van der Waals surface area contributed by atoms with Gasteiger partial charge in [-0.3, -0.25) is 9.79 Å². The zero-order valence-electron chi connectivity index (χ0n) is 8.32. The molecule has 0 aliphatic carbocycles. The summed E-state index contributed by atoms with van der Waals surface area (Å²) in [6, 6.07) is 0. The zero-order valence-corrected chi connectivity index (χ0v) is 9.21. The Kier molecular flexibility index (Phi) is 6.16. The number of hydrogen-bond acceptors (Lipinski definition) is 8. The van der Waals surface area contributed by atoms with Crippen molar-refractivity contribution in [3.05, 3.63) is 0 Å². The van der Waals surface area contributed by atoms with Crippen molar-refractivity contribution in [3.63, 3.8) is 0 Å². The lowest BCUT2D eigenvalue weighted by Crippen LogP contribution is -2.48. The van der Waals surface area contributed by atoms with Crippen molar-refractivity contribution in [2.24, 2.45) is 0 Å². The highest BCUT2D eigenvalue weighted by molar-refractivity contribution is 7.46. The number of phosphoric acid groups is 1. The fraction of sp³-hybridized carbons (Fsp3) is 0.833. The Balaban J connectivity index is 4.54. The maximum absolute atomic E-state index is 10.8. The van der Waals surface area contributed by atoms with Crippen LogP contribution in [0.5, 0.6) is 0 Å². The average molecular weight is 276 g/mol. The van der Waals surface area contributed by atoms with Crippen LogP contribution in [0.1, 0.15) is 0 Å². The third kappa shape index (κ3) is 5.52. The molecule has 0 unspecified atom stereocenters. The Labute approximate surface area is 94.9 Å². The van der Waals surface area contributed by atoms with Crippen LogP contribution in [0.4, 0.5) is 0 Å². The van der Waals surface area contributed by atoms with Crippen molar-refractivity contribution in [2.75, 3.05) is 6.61 Å². The van der Waals surface area contributed by atoms with Crippen molar-refractivity contribution in [1.82, 2.24) is 0 Å². The summed E-state index contributed by atoms with van der Waals surface area (Å²) >= 11 is 0. The largest absolute Gasteiger partial charge is 0.527 e. The van der Waals surface area contributed by atoms with Gasteiger partial charge in [0.25, 0.3) is 0 Å². The van der Waals surface area contributed by atoms with Gasteiger partial charge in [0, 0.05) is 0 Å². The third-order valence-electron chi connectivity index (χ3n) is 1.71. The van der Waals surface area contributed by atoms with Gasteiger partial charge in [0.2, 0.25) is 0 Å². The maximum atomic E-state index is 10.8. The van der Waals surface area contributed by atoms with Crippen molar-refractivity contribution >= 4 is 13.8 Å². The first-order valence-electron chi connectivity index (χ1n) is 4.22. The fourth-order valence-electron chi connectivity index (χ4n) is 0.833. The number of rotatable bonds is 6. The predicted octanol–water partition coefficient (Wildman–Crippen LogP) is -3.94. The number of phosphoric ester groups is 1. The van der Waals surface area contributed by atoms with E-state index in [-0.39, 0.29) is 0 Å². The quantitative estimate of drug-likeness (QED) is 0.236. The molecular formula is C6H13O10P. The van der Waals surface area contributed by atoms with Crippen molar-refractivity contribution in [3.8, 4) is 0 Å². The normalized spacial score (nSPS) is 19.2. The van der Waals surface area contributed by atoms with E-state index in [0.717, 1.165) is 0 Å². The van der Waals surface area contributed by atoms with Crippen molar-refractivity contribution < 1.29 is 49.2 Å². The molecule has 0 aromatic carbocycles. The van der Waals surface area contributed by atoms with Gasteiger partial charge in [0.15, 0.2) is 6.10 Å². The Morgan fingerprint density at radius 3 is 1.94 bits per heavy atom. The molecule has 0 saturated carbocycles. The molecule has 4 atom stereocenters. The van der Waals surface area contributed by atoms with E-state index in [0.29, 0.717) is 0 Å². The predicted molar refractivity (Wildman–Crippen MR) is 49.2 cm³/mol. The summed E-state index contributed by atoms with van der Waals surface area (Å²) < 4.78 is 13.7. The molecule has 0 bridgehead atoms. The van der Waals surface area contributed by atoms with Crippen LogP contribution in [0.3, 0.4) is 0 Å². The van der Waals surface area contributed by atoms with Crippen LogP contribution in [0, 0.1) is 0 Å². The van der Waals surface area contributed by atoms with E-state index in [4.69, 9.17) is 35.3 Å². The first-order valence-corrected chi connectivity index (χ1v) is 5.75. The third-order valence-corrected chi connectivity index (χ3v) is 2.12. The number of carbonyl (C=O) groups excluding carboxylic acids is 1. The minimum atomic E-state index is -5.19. The van der Waals surface area contributed by atoms with Crippen LogP contribution >= 0.6 is 7.82 Å². The summed E-state index contributed by atoms with van der Waals surface area (Å²) in [7, 11) is -5.19. The number of aliphatic hydroxyl groups is 5. The van der Waals surface area contributed by atoms with Gasteiger partial charge in [-0.25, -0.2) is 9.36 Å². The van der Waals surface area contributed by atoms with Crippen LogP contribution in [-0.4, -0.2) is 72.3 Å². The van der Waals surface area contributed by atoms with E-state index in [2.05, 4.69) is 4.52 Å². The van der Waals surface area contributed by atoms with Gasteiger partial charge in [-0.15, -0.1) is 0 Å². The summed E-state index contributed by atoms with van der Waals surface area (Å²) in [6.07, 6.45) is -8.71. The van der Waals surface area contributed by atoms with E-state index >= 15 is 0 Å². The van der Waals surface area contributed by atoms with E-state index in [1.54, 1.807) is 0 Å². The summed E-state index contributed by atoms with van der Waals surface area (Å²) in [4.78, 5) is 27.3.